The van der Waals surface area contributed by atoms with E-state index in [0.717, 1.165) is 0 Å². The van der Waals surface area contributed by atoms with Gasteiger partial charge in [0, 0.05) is 18.7 Å². The minimum absolute atomic E-state index is 0.0871. The monoisotopic (exact) mass is 288 g/mol. The molecule has 16 heavy (non-hydrogen) atoms. The molecule has 1 aromatic rings. The molecule has 88 valence electrons. The summed E-state index contributed by atoms with van der Waals surface area (Å²) >= 11 is 3.08. The Morgan fingerprint density at radius 3 is 2.81 bits per heavy atom. The number of amides is 1. The van der Waals surface area contributed by atoms with Gasteiger partial charge >= 0.3 is 0 Å². The average molecular weight is 289 g/mol. The van der Waals surface area contributed by atoms with Crippen molar-refractivity contribution in [3.63, 3.8) is 0 Å². The molecule has 1 rings (SSSR count). The van der Waals surface area contributed by atoms with Crippen molar-refractivity contribution in [2.75, 3.05) is 18.9 Å². The van der Waals surface area contributed by atoms with Gasteiger partial charge in [-0.05, 0) is 47.6 Å². The van der Waals surface area contributed by atoms with Crippen LogP contribution in [0.1, 0.15) is 12.0 Å². The molecular formula is C11H14BrFN2O. The minimum atomic E-state index is -0.328. The van der Waals surface area contributed by atoms with Crippen LogP contribution < -0.4 is 10.6 Å². The van der Waals surface area contributed by atoms with Crippen LogP contribution in [-0.4, -0.2) is 19.5 Å². The first-order chi connectivity index (χ1) is 7.54. The molecule has 5 heteroatoms. The zero-order valence-corrected chi connectivity index (χ0v) is 10.8. The van der Waals surface area contributed by atoms with E-state index in [1.165, 1.54) is 6.07 Å². The molecule has 0 radical (unpaired) electrons. The lowest BCUT2D eigenvalue weighted by Gasteiger charge is -2.09. The number of aryl methyl sites for hydroxylation is 1. The van der Waals surface area contributed by atoms with Crippen LogP contribution in [0.3, 0.4) is 0 Å². The Balaban J connectivity index is 2.73. The van der Waals surface area contributed by atoms with E-state index >= 15 is 0 Å². The molecule has 0 spiro atoms. The Morgan fingerprint density at radius 2 is 2.19 bits per heavy atom. The zero-order chi connectivity index (χ0) is 12.1. The summed E-state index contributed by atoms with van der Waals surface area (Å²) in [6.07, 6.45) is 0.394. The fourth-order valence-corrected chi connectivity index (χ4v) is 1.58. The topological polar surface area (TPSA) is 41.1 Å². The Kier molecular flexibility index (Phi) is 4.89. The van der Waals surface area contributed by atoms with Gasteiger partial charge in [-0.25, -0.2) is 4.39 Å². The number of nitrogens with one attached hydrogen (secondary N) is 2. The summed E-state index contributed by atoms with van der Waals surface area (Å²) in [4.78, 5) is 11.5. The highest BCUT2D eigenvalue weighted by Crippen LogP contribution is 2.24. The first kappa shape index (κ1) is 13.1. The Labute approximate surface area is 103 Å². The van der Waals surface area contributed by atoms with Gasteiger partial charge in [-0.2, -0.15) is 0 Å². The predicted molar refractivity (Wildman–Crippen MR) is 66.0 cm³/mol. The van der Waals surface area contributed by atoms with Gasteiger partial charge in [-0.1, -0.05) is 0 Å². The molecule has 0 aliphatic heterocycles. The van der Waals surface area contributed by atoms with Crippen molar-refractivity contribution in [1.82, 2.24) is 5.32 Å². The smallest absolute Gasteiger partial charge is 0.225 e. The lowest BCUT2D eigenvalue weighted by molar-refractivity contribution is -0.116. The van der Waals surface area contributed by atoms with Crippen LogP contribution >= 0.6 is 15.9 Å². The third-order valence-corrected chi connectivity index (χ3v) is 2.75. The van der Waals surface area contributed by atoms with E-state index in [4.69, 9.17) is 0 Å². The van der Waals surface area contributed by atoms with Crippen molar-refractivity contribution >= 4 is 27.5 Å². The number of halogens is 2. The van der Waals surface area contributed by atoms with Gasteiger partial charge in [-0.3, -0.25) is 4.79 Å². The maximum atomic E-state index is 13.1. The SMILES string of the molecule is CNCCC(=O)Nc1cc(Br)c(F)cc1C. The average Bonchev–Trinajstić information content (AvgIpc) is 2.23. The highest BCUT2D eigenvalue weighted by molar-refractivity contribution is 9.10. The number of carbonyl (C=O) groups is 1. The lowest BCUT2D eigenvalue weighted by Crippen LogP contribution is -2.19. The summed E-state index contributed by atoms with van der Waals surface area (Å²) in [7, 11) is 1.78. The molecular weight excluding hydrogens is 275 g/mol. The second-order valence-electron chi connectivity index (χ2n) is 3.48. The lowest BCUT2D eigenvalue weighted by atomic mass is 10.2. The quantitative estimate of drug-likeness (QED) is 0.894. The maximum absolute atomic E-state index is 13.1. The zero-order valence-electron chi connectivity index (χ0n) is 9.23. The van der Waals surface area contributed by atoms with Gasteiger partial charge in [-0.15, -0.1) is 0 Å². The first-order valence-electron chi connectivity index (χ1n) is 4.94. The number of anilines is 1. The number of benzene rings is 1. The third kappa shape index (κ3) is 3.57. The van der Waals surface area contributed by atoms with E-state index in [0.29, 0.717) is 28.7 Å². The molecule has 0 bridgehead atoms. The molecule has 0 aliphatic carbocycles. The summed E-state index contributed by atoms with van der Waals surface area (Å²) < 4.78 is 13.5. The van der Waals surface area contributed by atoms with Crippen LogP contribution in [0.25, 0.3) is 0 Å². The van der Waals surface area contributed by atoms with Gasteiger partial charge in [0.2, 0.25) is 5.91 Å². The van der Waals surface area contributed by atoms with Crippen molar-refractivity contribution in [2.24, 2.45) is 0 Å². The summed E-state index contributed by atoms with van der Waals surface area (Å²) in [6, 6.07) is 2.96. The normalized spacial score (nSPS) is 10.2. The van der Waals surface area contributed by atoms with Crippen LogP contribution in [-0.2, 0) is 4.79 Å². The van der Waals surface area contributed by atoms with Crippen LogP contribution in [0, 0.1) is 12.7 Å². The highest BCUT2D eigenvalue weighted by atomic mass is 79.9. The van der Waals surface area contributed by atoms with E-state index in [1.54, 1.807) is 20.0 Å². The molecule has 2 N–H and O–H groups in total. The fraction of sp³-hybridized carbons (Fsp3) is 0.364. The minimum Gasteiger partial charge on any atom is -0.326 e. The van der Waals surface area contributed by atoms with E-state index in [-0.39, 0.29) is 11.7 Å². The first-order valence-corrected chi connectivity index (χ1v) is 5.74. The molecule has 0 heterocycles. The van der Waals surface area contributed by atoms with Gasteiger partial charge in [0.25, 0.3) is 0 Å². The van der Waals surface area contributed by atoms with Gasteiger partial charge in [0.15, 0.2) is 0 Å². The van der Waals surface area contributed by atoms with Crippen LogP contribution in [0.4, 0.5) is 10.1 Å². The van der Waals surface area contributed by atoms with Crippen LogP contribution in [0.15, 0.2) is 16.6 Å². The van der Waals surface area contributed by atoms with Crippen molar-refractivity contribution in [1.29, 1.82) is 0 Å². The fourth-order valence-electron chi connectivity index (χ4n) is 1.23. The Morgan fingerprint density at radius 1 is 1.50 bits per heavy atom. The van der Waals surface area contributed by atoms with E-state index in [2.05, 4.69) is 26.6 Å². The van der Waals surface area contributed by atoms with E-state index in [1.807, 2.05) is 0 Å². The standard InChI is InChI=1S/C11H14BrFN2O/c1-7-5-9(13)8(12)6-10(7)15-11(16)3-4-14-2/h5-6,14H,3-4H2,1-2H3,(H,15,16). The van der Waals surface area contributed by atoms with Gasteiger partial charge in [0.1, 0.15) is 5.82 Å². The largest absolute Gasteiger partial charge is 0.326 e. The second-order valence-corrected chi connectivity index (χ2v) is 4.34. The van der Waals surface area contributed by atoms with Crippen molar-refractivity contribution in [3.8, 4) is 0 Å². The van der Waals surface area contributed by atoms with Gasteiger partial charge in [0.05, 0.1) is 4.47 Å². The van der Waals surface area contributed by atoms with Crippen molar-refractivity contribution in [3.05, 3.63) is 28.0 Å². The molecule has 0 atom stereocenters. The van der Waals surface area contributed by atoms with Crippen LogP contribution in [0.5, 0.6) is 0 Å². The maximum Gasteiger partial charge on any atom is 0.225 e. The summed E-state index contributed by atoms with van der Waals surface area (Å²) in [5.74, 6) is -0.415. The van der Waals surface area contributed by atoms with Gasteiger partial charge < -0.3 is 10.6 Å². The molecule has 0 saturated carbocycles. The number of hydrogen-bond acceptors (Lipinski definition) is 2. The predicted octanol–water partition coefficient (Wildman–Crippen LogP) is 2.44. The van der Waals surface area contributed by atoms with Crippen molar-refractivity contribution < 1.29 is 9.18 Å². The molecule has 0 saturated heterocycles. The summed E-state index contributed by atoms with van der Waals surface area (Å²) in [5.41, 5.74) is 1.34. The number of carbonyl (C=O) groups excluding carboxylic acids is 1. The molecule has 1 aromatic carbocycles. The van der Waals surface area contributed by atoms with E-state index < -0.39 is 0 Å². The molecule has 0 aromatic heterocycles. The van der Waals surface area contributed by atoms with Crippen LogP contribution in [0.2, 0.25) is 0 Å². The molecule has 0 fully saturated rings. The summed E-state index contributed by atoms with van der Waals surface area (Å²) in [6.45, 7) is 2.37. The van der Waals surface area contributed by atoms with E-state index in [9.17, 15) is 9.18 Å². The highest BCUT2D eigenvalue weighted by Gasteiger charge is 2.08. The molecule has 0 unspecified atom stereocenters. The number of rotatable bonds is 4. The summed E-state index contributed by atoms with van der Waals surface area (Å²) in [5, 5.41) is 5.63. The molecule has 0 aliphatic rings. The Bertz CT molecular complexity index is 396. The molecule has 3 nitrogen and oxygen atoms in total. The second kappa shape index (κ2) is 5.96. The number of hydrogen-bond donors (Lipinski definition) is 2. The molecule has 1 amide bonds. The Hall–Kier alpha value is -0.940. The van der Waals surface area contributed by atoms with Crippen molar-refractivity contribution in [2.45, 2.75) is 13.3 Å². The third-order valence-electron chi connectivity index (χ3n) is 2.14.